The predicted molar refractivity (Wildman–Crippen MR) is 98.1 cm³/mol. The average Bonchev–Trinajstić information content (AvgIpc) is 3.39. The van der Waals surface area contributed by atoms with Crippen molar-refractivity contribution in [3.05, 3.63) is 77.1 Å². The van der Waals surface area contributed by atoms with Crippen LogP contribution in [0.4, 0.5) is 18.9 Å². The Hall–Kier alpha value is -3.42. The monoisotopic (exact) mass is 397 g/mol. The van der Waals surface area contributed by atoms with Gasteiger partial charge in [-0.3, -0.25) is 9.59 Å². The summed E-state index contributed by atoms with van der Waals surface area (Å²) < 4.78 is 40.6. The van der Waals surface area contributed by atoms with Gasteiger partial charge in [-0.2, -0.15) is 18.3 Å². The maximum atomic E-state index is 13.1. The second-order valence-corrected chi connectivity index (χ2v) is 7.15. The molecule has 2 heterocycles. The number of carbonyl (C=O) groups excluding carboxylic acids is 2. The molecule has 0 atom stereocenters. The number of alkyl halides is 3. The van der Waals surface area contributed by atoms with Crippen LogP contribution in [0.1, 0.15) is 50.9 Å². The van der Waals surface area contributed by atoms with Gasteiger partial charge in [0.15, 0.2) is 5.69 Å². The van der Waals surface area contributed by atoms with Crippen molar-refractivity contribution in [2.45, 2.75) is 24.9 Å². The van der Waals surface area contributed by atoms with Crippen molar-refractivity contribution in [2.24, 2.45) is 0 Å². The molecule has 29 heavy (non-hydrogen) atoms. The van der Waals surface area contributed by atoms with E-state index in [0.717, 1.165) is 23.8 Å². The second kappa shape index (κ2) is 6.04. The molecular weight excluding hydrogens is 383 g/mol. The number of nitrogens with zero attached hydrogens (tertiary/aromatic N) is 3. The van der Waals surface area contributed by atoms with Gasteiger partial charge in [-0.05, 0) is 55.3 Å². The minimum Gasteiger partial charge on any atom is -0.268 e. The van der Waals surface area contributed by atoms with Crippen LogP contribution in [0.15, 0.2) is 54.6 Å². The zero-order valence-electron chi connectivity index (χ0n) is 15.0. The Morgan fingerprint density at radius 3 is 1.93 bits per heavy atom. The molecule has 2 amide bonds. The van der Waals surface area contributed by atoms with Gasteiger partial charge >= 0.3 is 6.18 Å². The van der Waals surface area contributed by atoms with Crippen molar-refractivity contribution >= 4 is 17.5 Å². The maximum absolute atomic E-state index is 13.1. The van der Waals surface area contributed by atoms with Crippen LogP contribution in [-0.4, -0.2) is 21.6 Å². The molecule has 0 radical (unpaired) electrons. The van der Waals surface area contributed by atoms with Crippen LogP contribution < -0.4 is 4.90 Å². The summed E-state index contributed by atoms with van der Waals surface area (Å²) in [5.41, 5.74) is 1.06. The molecule has 146 valence electrons. The van der Waals surface area contributed by atoms with Crippen molar-refractivity contribution in [1.29, 1.82) is 0 Å². The molecule has 0 unspecified atom stereocenters. The summed E-state index contributed by atoms with van der Waals surface area (Å²) in [4.78, 5) is 26.3. The van der Waals surface area contributed by atoms with E-state index in [1.54, 1.807) is 48.5 Å². The van der Waals surface area contributed by atoms with Gasteiger partial charge < -0.3 is 0 Å². The van der Waals surface area contributed by atoms with E-state index in [0.29, 0.717) is 28.2 Å². The molecule has 0 N–H and O–H groups in total. The molecule has 0 bridgehead atoms. The topological polar surface area (TPSA) is 55.2 Å². The number of carbonyl (C=O) groups is 2. The first-order valence-corrected chi connectivity index (χ1v) is 9.10. The molecule has 2 aliphatic rings. The van der Waals surface area contributed by atoms with Crippen LogP contribution in [0, 0.1) is 0 Å². The number of rotatable bonds is 3. The summed E-state index contributed by atoms with van der Waals surface area (Å²) in [6.07, 6.45) is -2.86. The van der Waals surface area contributed by atoms with Crippen molar-refractivity contribution < 1.29 is 22.8 Å². The first-order chi connectivity index (χ1) is 13.8. The van der Waals surface area contributed by atoms with Crippen molar-refractivity contribution in [2.75, 3.05) is 4.90 Å². The number of imide groups is 1. The van der Waals surface area contributed by atoms with Gasteiger partial charge in [-0.1, -0.05) is 12.1 Å². The predicted octanol–water partition coefficient (Wildman–Crippen LogP) is 4.57. The van der Waals surface area contributed by atoms with Crippen LogP contribution in [0.25, 0.3) is 5.69 Å². The lowest BCUT2D eigenvalue weighted by molar-refractivity contribution is -0.141. The van der Waals surface area contributed by atoms with Crippen LogP contribution in [-0.2, 0) is 6.18 Å². The fraction of sp³-hybridized carbons (Fsp3) is 0.190. The Kier molecular flexibility index (Phi) is 3.68. The van der Waals surface area contributed by atoms with Gasteiger partial charge in [0.25, 0.3) is 11.8 Å². The van der Waals surface area contributed by atoms with E-state index >= 15 is 0 Å². The number of halogens is 3. The van der Waals surface area contributed by atoms with Crippen LogP contribution in [0.2, 0.25) is 0 Å². The largest absolute Gasteiger partial charge is 0.435 e. The molecule has 0 spiro atoms. The maximum Gasteiger partial charge on any atom is 0.435 e. The Balaban J connectivity index is 1.50. The third kappa shape index (κ3) is 2.83. The highest BCUT2D eigenvalue weighted by Crippen LogP contribution is 2.43. The minimum atomic E-state index is -4.52. The highest BCUT2D eigenvalue weighted by molar-refractivity contribution is 6.34. The molecule has 0 saturated heterocycles. The summed E-state index contributed by atoms with van der Waals surface area (Å²) in [5, 5.41) is 3.75. The van der Waals surface area contributed by atoms with Crippen molar-refractivity contribution in [1.82, 2.24) is 9.78 Å². The third-order valence-electron chi connectivity index (χ3n) is 5.17. The molecular formula is C21H14F3N3O2. The molecule has 8 heteroatoms. The summed E-state index contributed by atoms with van der Waals surface area (Å²) >= 11 is 0. The fourth-order valence-corrected chi connectivity index (χ4v) is 3.58. The zero-order chi connectivity index (χ0) is 20.3. The van der Waals surface area contributed by atoms with E-state index in [4.69, 9.17) is 0 Å². The van der Waals surface area contributed by atoms with Gasteiger partial charge in [0.1, 0.15) is 0 Å². The average molecular weight is 397 g/mol. The van der Waals surface area contributed by atoms with E-state index in [1.807, 2.05) is 0 Å². The number of aromatic nitrogens is 2. The molecule has 5 nitrogen and oxygen atoms in total. The number of amides is 2. The molecule has 1 aliphatic carbocycles. The van der Waals surface area contributed by atoms with E-state index in [-0.39, 0.29) is 5.92 Å². The smallest absolute Gasteiger partial charge is 0.268 e. The lowest BCUT2D eigenvalue weighted by atomic mass is 10.1. The van der Waals surface area contributed by atoms with E-state index in [2.05, 4.69) is 5.10 Å². The summed E-state index contributed by atoms with van der Waals surface area (Å²) in [5.74, 6) is -0.777. The molecule has 5 rings (SSSR count). The molecule has 1 aromatic heterocycles. The molecule has 2 aromatic carbocycles. The SMILES string of the molecule is O=C1c2ccccc2C(=O)N1c1ccc(-n2nc(C(F)(F)F)cc2C2CC2)cc1. The lowest BCUT2D eigenvalue weighted by Crippen LogP contribution is -2.29. The molecule has 1 saturated carbocycles. The van der Waals surface area contributed by atoms with Crippen LogP contribution in [0.3, 0.4) is 0 Å². The van der Waals surface area contributed by atoms with E-state index in [1.165, 1.54) is 4.68 Å². The van der Waals surface area contributed by atoms with Crippen LogP contribution >= 0.6 is 0 Å². The van der Waals surface area contributed by atoms with E-state index < -0.39 is 23.7 Å². The first kappa shape index (κ1) is 17.7. The minimum absolute atomic E-state index is 0.0644. The van der Waals surface area contributed by atoms with Gasteiger partial charge in [-0.15, -0.1) is 0 Å². The quantitative estimate of drug-likeness (QED) is 0.609. The van der Waals surface area contributed by atoms with E-state index in [9.17, 15) is 22.8 Å². The summed E-state index contributed by atoms with van der Waals surface area (Å²) in [6.45, 7) is 0. The number of anilines is 1. The normalized spacial score (nSPS) is 16.4. The first-order valence-electron chi connectivity index (χ1n) is 9.10. The van der Waals surface area contributed by atoms with Gasteiger partial charge in [-0.25, -0.2) is 9.58 Å². The van der Waals surface area contributed by atoms with Crippen molar-refractivity contribution in [3.63, 3.8) is 0 Å². The zero-order valence-corrected chi connectivity index (χ0v) is 15.0. The standard InChI is InChI=1S/C21H14F3N3O2/c22-21(23,24)18-11-17(12-5-6-12)27(25-18)14-9-7-13(8-10-14)26-19(28)15-3-1-2-4-16(15)20(26)29/h1-4,7-12H,5-6H2. The number of fused-ring (bicyclic) bond motifs is 1. The number of hydrogen-bond acceptors (Lipinski definition) is 3. The molecule has 1 aliphatic heterocycles. The Morgan fingerprint density at radius 2 is 1.41 bits per heavy atom. The molecule has 3 aromatic rings. The Labute approximate surface area is 163 Å². The number of hydrogen-bond donors (Lipinski definition) is 0. The van der Waals surface area contributed by atoms with Crippen LogP contribution in [0.5, 0.6) is 0 Å². The lowest BCUT2D eigenvalue weighted by Gasteiger charge is -2.15. The second-order valence-electron chi connectivity index (χ2n) is 7.15. The fourth-order valence-electron chi connectivity index (χ4n) is 3.58. The summed E-state index contributed by atoms with van der Waals surface area (Å²) in [6, 6.07) is 13.9. The summed E-state index contributed by atoms with van der Waals surface area (Å²) in [7, 11) is 0. The molecule has 1 fully saturated rings. The van der Waals surface area contributed by atoms with Gasteiger partial charge in [0, 0.05) is 11.6 Å². The third-order valence-corrected chi connectivity index (χ3v) is 5.17. The highest BCUT2D eigenvalue weighted by atomic mass is 19.4. The van der Waals surface area contributed by atoms with Gasteiger partial charge in [0.05, 0.1) is 22.5 Å². The number of benzene rings is 2. The Morgan fingerprint density at radius 1 is 0.862 bits per heavy atom. The highest BCUT2D eigenvalue weighted by Gasteiger charge is 2.39. The Bertz CT molecular complexity index is 1110. The van der Waals surface area contributed by atoms with Gasteiger partial charge in [0.2, 0.25) is 0 Å². The van der Waals surface area contributed by atoms with Crippen molar-refractivity contribution in [3.8, 4) is 5.69 Å².